The van der Waals surface area contributed by atoms with E-state index in [0.717, 1.165) is 5.69 Å². The van der Waals surface area contributed by atoms with Crippen LogP contribution in [0.25, 0.3) is 11.5 Å². The molecule has 0 radical (unpaired) electrons. The quantitative estimate of drug-likeness (QED) is 0.671. The summed E-state index contributed by atoms with van der Waals surface area (Å²) in [5, 5.41) is 11.7. The third kappa shape index (κ3) is 3.91. The van der Waals surface area contributed by atoms with Crippen molar-refractivity contribution in [3.8, 4) is 11.5 Å². The normalized spacial score (nSPS) is 10.7. The predicted octanol–water partition coefficient (Wildman–Crippen LogP) is 3.54. The molecule has 0 saturated heterocycles. The van der Waals surface area contributed by atoms with E-state index in [0.29, 0.717) is 28.8 Å². The Hall–Kier alpha value is -2.74. The van der Waals surface area contributed by atoms with Crippen LogP contribution in [-0.2, 0) is 11.3 Å². The summed E-state index contributed by atoms with van der Waals surface area (Å²) in [6.45, 7) is 4.19. The maximum absolute atomic E-state index is 13.8. The van der Waals surface area contributed by atoms with Gasteiger partial charge in [-0.1, -0.05) is 30.0 Å². The average Bonchev–Trinajstić information content (AvgIpc) is 3.06. The first-order chi connectivity index (χ1) is 12.6. The van der Waals surface area contributed by atoms with Crippen molar-refractivity contribution in [3.05, 3.63) is 54.0 Å². The molecule has 0 aliphatic heterocycles. The van der Waals surface area contributed by atoms with Crippen molar-refractivity contribution in [2.75, 3.05) is 11.1 Å². The number of carbonyl (C=O) groups excluding carboxylic acids is 1. The Morgan fingerprint density at radius 3 is 2.73 bits per heavy atom. The van der Waals surface area contributed by atoms with E-state index in [1.807, 2.05) is 41.8 Å². The van der Waals surface area contributed by atoms with Crippen LogP contribution < -0.4 is 5.32 Å². The number of halogens is 1. The van der Waals surface area contributed by atoms with E-state index in [2.05, 4.69) is 20.5 Å². The summed E-state index contributed by atoms with van der Waals surface area (Å²) in [6, 6.07) is 10.6. The molecule has 6 nitrogen and oxygen atoms in total. The maximum atomic E-state index is 13.8. The summed E-state index contributed by atoms with van der Waals surface area (Å²) in [4.78, 5) is 16.3. The Morgan fingerprint density at radius 2 is 2.00 bits per heavy atom. The molecule has 0 aliphatic carbocycles. The van der Waals surface area contributed by atoms with Gasteiger partial charge in [-0.05, 0) is 32.0 Å². The third-order valence-electron chi connectivity index (χ3n) is 3.77. The van der Waals surface area contributed by atoms with Crippen LogP contribution in [0.15, 0.2) is 47.8 Å². The highest BCUT2D eigenvalue weighted by Gasteiger charge is 2.18. The molecule has 1 aromatic carbocycles. The van der Waals surface area contributed by atoms with E-state index in [-0.39, 0.29) is 17.5 Å². The Morgan fingerprint density at radius 1 is 1.23 bits per heavy atom. The molecular formula is C18H18FN5OS. The molecule has 0 unspecified atom stereocenters. The van der Waals surface area contributed by atoms with Crippen LogP contribution in [0.1, 0.15) is 12.5 Å². The highest BCUT2D eigenvalue weighted by atomic mass is 32.2. The Kier molecular flexibility index (Phi) is 5.62. The molecule has 0 atom stereocenters. The zero-order valence-corrected chi connectivity index (χ0v) is 15.3. The second-order valence-corrected chi connectivity index (χ2v) is 6.46. The molecule has 2 heterocycles. The first kappa shape index (κ1) is 18.1. The van der Waals surface area contributed by atoms with Gasteiger partial charge in [0.15, 0.2) is 11.0 Å². The minimum Gasteiger partial charge on any atom is -0.325 e. The molecule has 134 valence electrons. The lowest BCUT2D eigenvalue weighted by atomic mass is 10.2. The molecule has 1 N–H and O–H groups in total. The van der Waals surface area contributed by atoms with E-state index in [1.165, 1.54) is 24.0 Å². The summed E-state index contributed by atoms with van der Waals surface area (Å²) in [5.74, 6) is 0.226. The van der Waals surface area contributed by atoms with Gasteiger partial charge in [-0.15, -0.1) is 10.2 Å². The second-order valence-electron chi connectivity index (χ2n) is 5.52. The standard InChI is InChI=1S/C18H18FN5OS/c1-3-24-17(16-12(2)14(19)9-10-20-16)22-23-18(24)26-11-15(25)21-13-7-5-4-6-8-13/h4-10H,3,11H2,1-2H3,(H,21,25). The molecule has 8 heteroatoms. The number of aromatic nitrogens is 4. The van der Waals surface area contributed by atoms with Crippen LogP contribution in [0.2, 0.25) is 0 Å². The monoisotopic (exact) mass is 371 g/mol. The van der Waals surface area contributed by atoms with Crippen molar-refractivity contribution in [3.63, 3.8) is 0 Å². The average molecular weight is 371 g/mol. The molecule has 1 amide bonds. The van der Waals surface area contributed by atoms with Gasteiger partial charge in [0.1, 0.15) is 11.5 Å². The summed E-state index contributed by atoms with van der Waals surface area (Å²) in [7, 11) is 0. The topological polar surface area (TPSA) is 72.7 Å². The minimum absolute atomic E-state index is 0.131. The lowest BCUT2D eigenvalue weighted by molar-refractivity contribution is -0.113. The lowest BCUT2D eigenvalue weighted by Gasteiger charge is -2.09. The Balaban J connectivity index is 1.74. The van der Waals surface area contributed by atoms with Gasteiger partial charge in [-0.3, -0.25) is 9.78 Å². The van der Waals surface area contributed by atoms with Gasteiger partial charge in [-0.2, -0.15) is 0 Å². The number of thioether (sulfide) groups is 1. The first-order valence-electron chi connectivity index (χ1n) is 8.12. The predicted molar refractivity (Wildman–Crippen MR) is 99.4 cm³/mol. The van der Waals surface area contributed by atoms with Gasteiger partial charge >= 0.3 is 0 Å². The van der Waals surface area contributed by atoms with Crippen LogP contribution in [0, 0.1) is 12.7 Å². The summed E-state index contributed by atoms with van der Waals surface area (Å²) >= 11 is 1.28. The van der Waals surface area contributed by atoms with Gasteiger partial charge < -0.3 is 9.88 Å². The Labute approximate surface area is 154 Å². The number of para-hydroxylation sites is 1. The number of nitrogens with zero attached hydrogens (tertiary/aromatic N) is 4. The summed E-state index contributed by atoms with van der Waals surface area (Å²) in [6.07, 6.45) is 1.41. The molecule has 3 aromatic rings. The van der Waals surface area contributed by atoms with Crippen molar-refractivity contribution in [1.29, 1.82) is 0 Å². The van der Waals surface area contributed by atoms with Crippen molar-refractivity contribution in [2.45, 2.75) is 25.5 Å². The molecule has 0 fully saturated rings. The van der Waals surface area contributed by atoms with Crippen molar-refractivity contribution in [2.24, 2.45) is 0 Å². The van der Waals surface area contributed by atoms with Gasteiger partial charge in [0.2, 0.25) is 5.91 Å². The number of anilines is 1. The molecule has 0 bridgehead atoms. The number of amides is 1. The fourth-order valence-electron chi connectivity index (χ4n) is 2.44. The number of rotatable bonds is 6. The maximum Gasteiger partial charge on any atom is 0.234 e. The van der Waals surface area contributed by atoms with Crippen molar-refractivity contribution < 1.29 is 9.18 Å². The van der Waals surface area contributed by atoms with E-state index < -0.39 is 0 Å². The Bertz CT molecular complexity index is 913. The number of pyridine rings is 1. The van der Waals surface area contributed by atoms with E-state index in [4.69, 9.17) is 0 Å². The molecule has 3 rings (SSSR count). The molecule has 2 aromatic heterocycles. The van der Waals surface area contributed by atoms with Crippen LogP contribution in [0.4, 0.5) is 10.1 Å². The largest absolute Gasteiger partial charge is 0.325 e. The van der Waals surface area contributed by atoms with Crippen molar-refractivity contribution >= 4 is 23.4 Å². The number of benzene rings is 1. The SMILES string of the molecule is CCn1c(SCC(=O)Nc2ccccc2)nnc1-c1nccc(F)c1C. The van der Waals surface area contributed by atoms with E-state index in [9.17, 15) is 9.18 Å². The van der Waals surface area contributed by atoms with Crippen LogP contribution in [-0.4, -0.2) is 31.4 Å². The number of hydrogen-bond acceptors (Lipinski definition) is 5. The van der Waals surface area contributed by atoms with Crippen LogP contribution in [0.3, 0.4) is 0 Å². The molecule has 0 saturated carbocycles. The zero-order valence-electron chi connectivity index (χ0n) is 14.4. The molecule has 0 aliphatic rings. The molecular weight excluding hydrogens is 353 g/mol. The summed E-state index contributed by atoms with van der Waals surface area (Å²) in [5.41, 5.74) is 1.63. The number of nitrogens with one attached hydrogen (secondary N) is 1. The van der Waals surface area contributed by atoms with Gasteiger partial charge in [0.05, 0.1) is 5.75 Å². The fraction of sp³-hybridized carbons (Fsp3) is 0.222. The lowest BCUT2D eigenvalue weighted by Crippen LogP contribution is -2.14. The number of hydrogen-bond donors (Lipinski definition) is 1. The fourth-order valence-corrected chi connectivity index (χ4v) is 3.24. The van der Waals surface area contributed by atoms with Gasteiger partial charge in [-0.25, -0.2) is 4.39 Å². The smallest absolute Gasteiger partial charge is 0.234 e. The zero-order chi connectivity index (χ0) is 18.5. The number of carbonyl (C=O) groups is 1. The van der Waals surface area contributed by atoms with Gasteiger partial charge in [0, 0.05) is 24.0 Å². The first-order valence-corrected chi connectivity index (χ1v) is 9.11. The third-order valence-corrected chi connectivity index (χ3v) is 4.74. The van der Waals surface area contributed by atoms with Crippen LogP contribution in [0.5, 0.6) is 0 Å². The van der Waals surface area contributed by atoms with E-state index in [1.54, 1.807) is 6.92 Å². The summed E-state index contributed by atoms with van der Waals surface area (Å²) < 4.78 is 15.6. The molecule has 0 spiro atoms. The highest BCUT2D eigenvalue weighted by Crippen LogP contribution is 2.25. The van der Waals surface area contributed by atoms with Crippen molar-refractivity contribution in [1.82, 2.24) is 19.7 Å². The minimum atomic E-state index is -0.336. The second kappa shape index (κ2) is 8.09. The molecule has 26 heavy (non-hydrogen) atoms. The highest BCUT2D eigenvalue weighted by molar-refractivity contribution is 7.99. The van der Waals surface area contributed by atoms with E-state index >= 15 is 0 Å². The van der Waals surface area contributed by atoms with Crippen LogP contribution >= 0.6 is 11.8 Å². The van der Waals surface area contributed by atoms with Gasteiger partial charge in [0.25, 0.3) is 0 Å².